The van der Waals surface area contributed by atoms with Crippen molar-refractivity contribution in [2.24, 2.45) is 0 Å². The average Bonchev–Trinajstić information content (AvgIpc) is 3.23. The molecular formula is C15H16ClN3O3S2. The van der Waals surface area contributed by atoms with E-state index in [1.807, 2.05) is 6.07 Å². The van der Waals surface area contributed by atoms with E-state index in [0.717, 1.165) is 17.0 Å². The Labute approximate surface area is 149 Å². The van der Waals surface area contributed by atoms with Crippen molar-refractivity contribution in [1.29, 1.82) is 0 Å². The molecule has 1 fully saturated rings. The first-order valence-corrected chi connectivity index (χ1v) is 10.1. The maximum absolute atomic E-state index is 12.7. The number of aromatic nitrogens is 1. The Bertz CT molecular complexity index is 823. The third-order valence-corrected chi connectivity index (χ3v) is 7.39. The molecule has 0 saturated carbocycles. The van der Waals surface area contributed by atoms with Gasteiger partial charge in [-0.1, -0.05) is 17.7 Å². The summed E-state index contributed by atoms with van der Waals surface area (Å²) >= 11 is 6.84. The van der Waals surface area contributed by atoms with E-state index in [9.17, 15) is 13.2 Å². The van der Waals surface area contributed by atoms with Crippen LogP contribution in [0, 0.1) is 0 Å². The summed E-state index contributed by atoms with van der Waals surface area (Å²) in [4.78, 5) is 16.6. The van der Waals surface area contributed by atoms with Crippen molar-refractivity contribution in [2.75, 3.05) is 6.54 Å². The van der Waals surface area contributed by atoms with Crippen LogP contribution >= 0.6 is 22.9 Å². The van der Waals surface area contributed by atoms with Crippen LogP contribution in [0.1, 0.15) is 18.5 Å². The van der Waals surface area contributed by atoms with Crippen LogP contribution in [0.15, 0.2) is 40.7 Å². The van der Waals surface area contributed by atoms with Crippen LogP contribution in [0.25, 0.3) is 0 Å². The van der Waals surface area contributed by atoms with Gasteiger partial charge in [0.05, 0.1) is 16.6 Å². The van der Waals surface area contributed by atoms with Crippen molar-refractivity contribution in [1.82, 2.24) is 14.6 Å². The summed E-state index contributed by atoms with van der Waals surface area (Å²) in [6.45, 7) is 0.606. The van der Waals surface area contributed by atoms with E-state index in [-0.39, 0.29) is 16.7 Å². The van der Waals surface area contributed by atoms with E-state index in [1.165, 1.54) is 10.4 Å². The van der Waals surface area contributed by atoms with Gasteiger partial charge in [-0.3, -0.25) is 9.78 Å². The molecule has 6 nitrogen and oxygen atoms in total. The first-order valence-electron chi connectivity index (χ1n) is 7.43. The maximum Gasteiger partial charge on any atom is 0.253 e. The molecule has 1 unspecified atom stereocenters. The molecule has 0 aliphatic carbocycles. The second-order valence-electron chi connectivity index (χ2n) is 5.37. The van der Waals surface area contributed by atoms with Gasteiger partial charge in [-0.15, -0.1) is 11.3 Å². The van der Waals surface area contributed by atoms with Gasteiger partial charge in [-0.25, -0.2) is 8.42 Å². The first kappa shape index (κ1) is 17.3. The zero-order valence-corrected chi connectivity index (χ0v) is 15.1. The standard InChI is InChI=1S/C15H16ClN3O3S2/c16-13-6-7-14(23-13)24(21,22)19-9-3-5-12(19)15(20)18-10-11-4-1-2-8-17-11/h1-2,4,6-8,12H,3,5,9-10H2,(H,18,20). The summed E-state index contributed by atoms with van der Waals surface area (Å²) in [6, 6.07) is 7.76. The van der Waals surface area contributed by atoms with Crippen LogP contribution < -0.4 is 5.32 Å². The minimum atomic E-state index is -3.70. The smallest absolute Gasteiger partial charge is 0.253 e. The third-order valence-electron chi connectivity index (χ3n) is 3.79. The van der Waals surface area contributed by atoms with Crippen molar-refractivity contribution >= 4 is 38.9 Å². The summed E-state index contributed by atoms with van der Waals surface area (Å²) in [6.07, 6.45) is 2.81. The third kappa shape index (κ3) is 3.61. The van der Waals surface area contributed by atoms with Gasteiger partial charge in [-0.2, -0.15) is 4.31 Å². The summed E-state index contributed by atoms with van der Waals surface area (Å²) in [5, 5.41) is 2.77. The molecule has 1 saturated heterocycles. The Morgan fingerprint density at radius 1 is 1.38 bits per heavy atom. The highest BCUT2D eigenvalue weighted by Gasteiger charge is 2.39. The predicted octanol–water partition coefficient (Wildman–Crippen LogP) is 2.27. The molecule has 3 rings (SSSR count). The lowest BCUT2D eigenvalue weighted by Gasteiger charge is -2.22. The highest BCUT2D eigenvalue weighted by Crippen LogP contribution is 2.32. The largest absolute Gasteiger partial charge is 0.349 e. The van der Waals surface area contributed by atoms with Crippen LogP contribution in [0.3, 0.4) is 0 Å². The van der Waals surface area contributed by atoms with E-state index in [0.29, 0.717) is 23.7 Å². The number of carbonyl (C=O) groups excluding carboxylic acids is 1. The zero-order chi connectivity index (χ0) is 17.2. The second kappa shape index (κ2) is 7.18. The van der Waals surface area contributed by atoms with Crippen LogP contribution in [0.5, 0.6) is 0 Å². The van der Waals surface area contributed by atoms with E-state index in [1.54, 1.807) is 24.4 Å². The van der Waals surface area contributed by atoms with Gasteiger partial charge < -0.3 is 5.32 Å². The number of carbonyl (C=O) groups is 1. The molecule has 3 heterocycles. The average molecular weight is 386 g/mol. The summed E-state index contributed by atoms with van der Waals surface area (Å²) in [7, 11) is -3.70. The topological polar surface area (TPSA) is 79.4 Å². The Morgan fingerprint density at radius 2 is 2.21 bits per heavy atom. The molecule has 0 radical (unpaired) electrons. The molecule has 1 aliphatic heterocycles. The van der Waals surface area contributed by atoms with Crippen molar-refractivity contribution in [2.45, 2.75) is 29.6 Å². The minimum absolute atomic E-state index is 0.164. The van der Waals surface area contributed by atoms with Gasteiger partial charge in [-0.05, 0) is 37.1 Å². The number of thiophene rings is 1. The fourth-order valence-corrected chi connectivity index (χ4v) is 5.91. The van der Waals surface area contributed by atoms with Crippen molar-refractivity contribution in [3.05, 3.63) is 46.6 Å². The fourth-order valence-electron chi connectivity index (χ4n) is 2.64. The number of halogens is 1. The lowest BCUT2D eigenvalue weighted by Crippen LogP contribution is -2.45. The lowest BCUT2D eigenvalue weighted by atomic mass is 10.2. The Hall–Kier alpha value is -1.48. The van der Waals surface area contributed by atoms with Crippen LogP contribution in [0.2, 0.25) is 4.34 Å². The number of rotatable bonds is 5. The molecule has 128 valence electrons. The Kier molecular flexibility index (Phi) is 5.19. The van der Waals surface area contributed by atoms with E-state index >= 15 is 0 Å². The number of nitrogens with zero attached hydrogens (tertiary/aromatic N) is 2. The molecule has 24 heavy (non-hydrogen) atoms. The number of amides is 1. The lowest BCUT2D eigenvalue weighted by molar-refractivity contribution is -0.124. The highest BCUT2D eigenvalue weighted by molar-refractivity contribution is 7.91. The van der Waals surface area contributed by atoms with Crippen molar-refractivity contribution < 1.29 is 13.2 Å². The molecule has 2 aromatic heterocycles. The van der Waals surface area contributed by atoms with Crippen LogP contribution in [-0.2, 0) is 21.4 Å². The SMILES string of the molecule is O=C(NCc1ccccn1)C1CCCN1S(=O)(=O)c1ccc(Cl)s1. The van der Waals surface area contributed by atoms with Crippen molar-refractivity contribution in [3.8, 4) is 0 Å². The van der Waals surface area contributed by atoms with E-state index in [4.69, 9.17) is 11.6 Å². The molecule has 1 amide bonds. The Balaban J connectivity index is 1.72. The van der Waals surface area contributed by atoms with Crippen molar-refractivity contribution in [3.63, 3.8) is 0 Å². The summed E-state index contributed by atoms with van der Waals surface area (Å²) in [5.74, 6) is -0.301. The molecule has 2 aromatic rings. The summed E-state index contributed by atoms with van der Waals surface area (Å²) in [5.41, 5.74) is 0.725. The zero-order valence-electron chi connectivity index (χ0n) is 12.7. The quantitative estimate of drug-likeness (QED) is 0.856. The molecule has 1 atom stereocenters. The molecule has 0 spiro atoms. The molecular weight excluding hydrogens is 370 g/mol. The molecule has 1 aliphatic rings. The number of nitrogens with one attached hydrogen (secondary N) is 1. The van der Waals surface area contributed by atoms with Gasteiger partial charge in [0.2, 0.25) is 5.91 Å². The van der Waals surface area contributed by atoms with Gasteiger partial charge in [0.15, 0.2) is 0 Å². The number of sulfonamides is 1. The Morgan fingerprint density at radius 3 is 2.88 bits per heavy atom. The maximum atomic E-state index is 12.7. The normalized spacial score (nSPS) is 18.6. The molecule has 9 heteroatoms. The summed E-state index contributed by atoms with van der Waals surface area (Å²) < 4.78 is 27.3. The first-order chi connectivity index (χ1) is 11.5. The molecule has 0 aromatic carbocycles. The number of pyridine rings is 1. The minimum Gasteiger partial charge on any atom is -0.349 e. The second-order valence-corrected chi connectivity index (χ2v) is 9.20. The van der Waals surface area contributed by atoms with Gasteiger partial charge in [0.1, 0.15) is 10.3 Å². The molecule has 0 bridgehead atoms. The number of hydrogen-bond acceptors (Lipinski definition) is 5. The van der Waals surface area contributed by atoms with Gasteiger partial charge >= 0.3 is 0 Å². The van der Waals surface area contributed by atoms with E-state index in [2.05, 4.69) is 10.3 Å². The number of hydrogen-bond donors (Lipinski definition) is 1. The van der Waals surface area contributed by atoms with Crippen LogP contribution in [0.4, 0.5) is 0 Å². The van der Waals surface area contributed by atoms with Crippen LogP contribution in [-0.4, -0.2) is 36.2 Å². The molecule has 1 N–H and O–H groups in total. The van der Waals surface area contributed by atoms with Gasteiger partial charge in [0, 0.05) is 12.7 Å². The van der Waals surface area contributed by atoms with E-state index < -0.39 is 16.1 Å². The highest BCUT2D eigenvalue weighted by atomic mass is 35.5. The monoisotopic (exact) mass is 385 g/mol. The van der Waals surface area contributed by atoms with Gasteiger partial charge in [0.25, 0.3) is 10.0 Å². The predicted molar refractivity (Wildman–Crippen MR) is 92.3 cm³/mol. The fraction of sp³-hybridized carbons (Fsp3) is 0.333.